The van der Waals surface area contributed by atoms with Crippen molar-refractivity contribution >= 4 is 21.9 Å². The van der Waals surface area contributed by atoms with E-state index in [0.717, 1.165) is 45.3 Å². The van der Waals surface area contributed by atoms with Gasteiger partial charge in [-0.15, -0.1) is 0 Å². The minimum Gasteiger partial charge on any atom is -0.454 e. The lowest BCUT2D eigenvalue weighted by Crippen LogP contribution is -2.30. The number of halogens is 1. The second kappa shape index (κ2) is 7.84. The first kappa shape index (κ1) is 21.4. The molecular weight excluding hydrogens is 409 g/mol. The van der Waals surface area contributed by atoms with E-state index in [-0.39, 0.29) is 11.2 Å². The van der Waals surface area contributed by atoms with Gasteiger partial charge >= 0.3 is 0 Å². The van der Waals surface area contributed by atoms with Crippen molar-refractivity contribution in [1.29, 1.82) is 0 Å². The van der Waals surface area contributed by atoms with Gasteiger partial charge in [0, 0.05) is 23.1 Å². The lowest BCUT2D eigenvalue weighted by molar-refractivity contribution is -0.660. The summed E-state index contributed by atoms with van der Waals surface area (Å²) < 4.78 is 23.8. The third-order valence-electron chi connectivity index (χ3n) is 6.23. The Bertz CT molecular complexity index is 1490. The fraction of sp³-hybridized carbons (Fsp3) is 0.233. The van der Waals surface area contributed by atoms with Crippen molar-refractivity contribution in [2.45, 2.75) is 34.1 Å². The van der Waals surface area contributed by atoms with Gasteiger partial charge < -0.3 is 4.42 Å². The average molecular weight is 439 g/mol. The Morgan fingerprint density at radius 3 is 2.36 bits per heavy atom. The third-order valence-corrected chi connectivity index (χ3v) is 6.23. The second-order valence-electron chi connectivity index (χ2n) is 10.2. The monoisotopic (exact) mass is 438 g/mol. The molecule has 0 N–H and O–H groups in total. The highest BCUT2D eigenvalue weighted by atomic mass is 19.1. The summed E-state index contributed by atoms with van der Waals surface area (Å²) in [5, 5.41) is 1.35. The fourth-order valence-electron chi connectivity index (χ4n) is 4.79. The Hall–Kier alpha value is -3.46. The molecule has 5 aromatic rings. The lowest BCUT2D eigenvalue weighted by atomic mass is 9.87. The van der Waals surface area contributed by atoms with E-state index in [4.69, 9.17) is 4.42 Å². The zero-order valence-corrected chi connectivity index (χ0v) is 19.9. The van der Waals surface area contributed by atoms with E-state index >= 15 is 4.39 Å². The molecule has 3 aromatic carbocycles. The van der Waals surface area contributed by atoms with Crippen LogP contribution >= 0.6 is 0 Å². The first-order chi connectivity index (χ1) is 15.7. The molecular formula is C30H29FNO+. The van der Waals surface area contributed by atoms with Gasteiger partial charge in [-0.25, -0.2) is 8.96 Å². The van der Waals surface area contributed by atoms with E-state index in [1.54, 1.807) is 6.07 Å². The predicted molar refractivity (Wildman–Crippen MR) is 134 cm³/mol. The maximum Gasteiger partial charge on any atom is 0.216 e. The molecule has 0 saturated heterocycles. The molecule has 3 heteroatoms. The lowest BCUT2D eigenvalue weighted by Gasteiger charge is -2.18. The molecule has 33 heavy (non-hydrogen) atoms. The Morgan fingerprint density at radius 2 is 1.67 bits per heavy atom. The van der Waals surface area contributed by atoms with Crippen molar-refractivity contribution in [2.75, 3.05) is 0 Å². The Balaban J connectivity index is 1.74. The van der Waals surface area contributed by atoms with Crippen LogP contribution in [0.1, 0.15) is 31.9 Å². The minimum absolute atomic E-state index is 0.236. The summed E-state index contributed by atoms with van der Waals surface area (Å²) in [7, 11) is 2.00. The molecule has 5 rings (SSSR count). The molecule has 2 heterocycles. The smallest absolute Gasteiger partial charge is 0.216 e. The van der Waals surface area contributed by atoms with Gasteiger partial charge in [0.05, 0.1) is 10.9 Å². The Kier molecular flexibility index (Phi) is 5.08. The number of nitrogens with zero attached hydrogens (tertiary/aromatic N) is 1. The van der Waals surface area contributed by atoms with Crippen LogP contribution in [0.4, 0.5) is 4.39 Å². The first-order valence-electron chi connectivity index (χ1n) is 11.4. The van der Waals surface area contributed by atoms with Crippen molar-refractivity contribution in [3.05, 3.63) is 89.9 Å². The van der Waals surface area contributed by atoms with Crippen LogP contribution in [0.25, 0.3) is 44.3 Å². The number of aromatic nitrogens is 1. The molecule has 0 radical (unpaired) electrons. The van der Waals surface area contributed by atoms with E-state index in [2.05, 4.69) is 51.1 Å². The molecule has 0 spiro atoms. The summed E-state index contributed by atoms with van der Waals surface area (Å²) in [6.45, 7) is 8.68. The molecule has 0 fully saturated rings. The summed E-state index contributed by atoms with van der Waals surface area (Å²) in [5.41, 5.74) is 7.69. The Morgan fingerprint density at radius 1 is 0.909 bits per heavy atom. The van der Waals surface area contributed by atoms with Crippen molar-refractivity contribution in [3.63, 3.8) is 0 Å². The van der Waals surface area contributed by atoms with E-state index in [9.17, 15) is 0 Å². The van der Waals surface area contributed by atoms with E-state index in [0.29, 0.717) is 11.0 Å². The third kappa shape index (κ3) is 3.82. The van der Waals surface area contributed by atoms with Gasteiger partial charge in [0.15, 0.2) is 11.8 Å². The highest BCUT2D eigenvalue weighted by Gasteiger charge is 2.24. The van der Waals surface area contributed by atoms with Crippen molar-refractivity contribution in [3.8, 4) is 22.4 Å². The SMILES string of the molecule is Cc1cc(F)c2c(oc3c(-c4ccc(CC(C)(C)C)cc4)cccc32)c1-c1cccc[n+]1C. The second-order valence-corrected chi connectivity index (χ2v) is 10.2. The molecule has 0 saturated carbocycles. The van der Waals surface area contributed by atoms with Gasteiger partial charge in [-0.3, -0.25) is 0 Å². The number of hydrogen-bond acceptors (Lipinski definition) is 1. The number of fused-ring (bicyclic) bond motifs is 3. The van der Waals surface area contributed by atoms with Gasteiger partial charge in [-0.2, -0.15) is 0 Å². The van der Waals surface area contributed by atoms with Crippen LogP contribution in [-0.4, -0.2) is 0 Å². The van der Waals surface area contributed by atoms with Gasteiger partial charge in [0.2, 0.25) is 5.69 Å². The average Bonchev–Trinajstić information content (AvgIpc) is 3.14. The number of benzene rings is 3. The molecule has 2 aromatic heterocycles. The van der Waals surface area contributed by atoms with Crippen LogP contribution in [0.15, 0.2) is 77.3 Å². The minimum atomic E-state index is -0.249. The molecule has 0 aliphatic rings. The van der Waals surface area contributed by atoms with E-state index in [1.165, 1.54) is 5.56 Å². The maximum absolute atomic E-state index is 15.3. The van der Waals surface area contributed by atoms with Crippen LogP contribution in [0.2, 0.25) is 0 Å². The van der Waals surface area contributed by atoms with Crippen LogP contribution in [0.3, 0.4) is 0 Å². The summed E-state index contributed by atoms with van der Waals surface area (Å²) in [4.78, 5) is 0. The zero-order chi connectivity index (χ0) is 23.3. The normalized spacial score (nSPS) is 12.1. The molecule has 0 unspecified atom stereocenters. The van der Waals surface area contributed by atoms with Crippen LogP contribution in [0.5, 0.6) is 0 Å². The molecule has 0 aliphatic carbocycles. The topological polar surface area (TPSA) is 17.0 Å². The van der Waals surface area contributed by atoms with Gasteiger partial charge in [-0.1, -0.05) is 63.2 Å². The van der Waals surface area contributed by atoms with Gasteiger partial charge in [0.25, 0.3) is 0 Å². The van der Waals surface area contributed by atoms with Gasteiger partial charge in [0.1, 0.15) is 18.4 Å². The molecule has 0 atom stereocenters. The quantitative estimate of drug-likeness (QED) is 0.263. The fourth-order valence-corrected chi connectivity index (χ4v) is 4.79. The zero-order valence-electron chi connectivity index (χ0n) is 19.9. The first-order valence-corrected chi connectivity index (χ1v) is 11.4. The molecule has 2 nitrogen and oxygen atoms in total. The number of furan rings is 1. The number of aryl methyl sites for hydroxylation is 2. The number of para-hydroxylation sites is 1. The summed E-state index contributed by atoms with van der Waals surface area (Å²) >= 11 is 0. The highest BCUT2D eigenvalue weighted by Crippen LogP contribution is 2.41. The van der Waals surface area contributed by atoms with Crippen LogP contribution in [0, 0.1) is 18.2 Å². The van der Waals surface area contributed by atoms with Crippen molar-refractivity contribution < 1.29 is 13.4 Å². The maximum atomic E-state index is 15.3. The summed E-state index contributed by atoms with van der Waals surface area (Å²) in [5.74, 6) is -0.249. The van der Waals surface area contributed by atoms with Crippen molar-refractivity contribution in [1.82, 2.24) is 0 Å². The van der Waals surface area contributed by atoms with E-state index < -0.39 is 0 Å². The van der Waals surface area contributed by atoms with Crippen LogP contribution in [-0.2, 0) is 13.5 Å². The van der Waals surface area contributed by atoms with Gasteiger partial charge in [-0.05, 0) is 47.6 Å². The standard InChI is InChI=1S/C30H29FNO/c1-19-17-24(31)27-23-10-8-9-22(21-14-12-20(13-15-21)18-30(2,3)4)28(23)33-29(27)26(19)25-11-6-7-16-32(25)5/h6-17H,18H2,1-5H3/q+1. The molecule has 0 bridgehead atoms. The summed E-state index contributed by atoms with van der Waals surface area (Å²) in [6.07, 6.45) is 3.02. The number of rotatable bonds is 3. The largest absolute Gasteiger partial charge is 0.454 e. The van der Waals surface area contributed by atoms with E-state index in [1.807, 2.05) is 55.1 Å². The number of pyridine rings is 1. The molecule has 0 amide bonds. The molecule has 0 aliphatic heterocycles. The predicted octanol–water partition coefficient (Wildman–Crippen LogP) is 7.78. The summed E-state index contributed by atoms with van der Waals surface area (Å²) in [6, 6.07) is 22.3. The molecule has 166 valence electrons. The van der Waals surface area contributed by atoms with Crippen LogP contribution < -0.4 is 4.57 Å². The van der Waals surface area contributed by atoms with Crippen molar-refractivity contribution in [2.24, 2.45) is 12.5 Å². The Labute approximate surface area is 194 Å². The highest BCUT2D eigenvalue weighted by molar-refractivity contribution is 6.13. The number of hydrogen-bond donors (Lipinski definition) is 0.